The number of benzene rings is 1. The highest BCUT2D eigenvalue weighted by molar-refractivity contribution is 6.05. The molecule has 1 aromatic rings. The molecule has 2 atom stereocenters. The predicted molar refractivity (Wildman–Crippen MR) is 107 cm³/mol. The van der Waals surface area contributed by atoms with Crippen LogP contribution in [0.3, 0.4) is 0 Å². The van der Waals surface area contributed by atoms with Gasteiger partial charge >= 0.3 is 0 Å². The summed E-state index contributed by atoms with van der Waals surface area (Å²) in [4.78, 5) is 41.3. The summed E-state index contributed by atoms with van der Waals surface area (Å²) in [6.45, 7) is 4.39. The van der Waals surface area contributed by atoms with Crippen molar-refractivity contribution in [3.63, 3.8) is 0 Å². The van der Waals surface area contributed by atoms with Gasteiger partial charge in [-0.25, -0.2) is 0 Å². The SMILES string of the molecule is O=C1CCC(N2Cc3cccc(CN(CC4CC4)[C@H]4CCNC4)c3C2=O)C(=O)N1. The van der Waals surface area contributed by atoms with E-state index in [0.717, 1.165) is 55.2 Å². The molecule has 3 heterocycles. The summed E-state index contributed by atoms with van der Waals surface area (Å²) in [7, 11) is 0. The van der Waals surface area contributed by atoms with E-state index in [1.165, 1.54) is 12.8 Å². The summed E-state index contributed by atoms with van der Waals surface area (Å²) in [5.74, 6) is 0.123. The number of carbonyl (C=O) groups is 3. The Hall–Kier alpha value is -2.25. The number of piperidine rings is 1. The van der Waals surface area contributed by atoms with E-state index < -0.39 is 6.04 Å². The highest BCUT2D eigenvalue weighted by Gasteiger charge is 2.40. The fourth-order valence-electron chi connectivity index (χ4n) is 4.97. The third-order valence-electron chi connectivity index (χ3n) is 6.75. The number of amides is 3. The van der Waals surface area contributed by atoms with Crippen molar-refractivity contribution in [2.75, 3.05) is 19.6 Å². The maximum absolute atomic E-state index is 13.3. The molecule has 154 valence electrons. The van der Waals surface area contributed by atoms with E-state index in [1.54, 1.807) is 4.90 Å². The summed E-state index contributed by atoms with van der Waals surface area (Å²) >= 11 is 0. The molecule has 5 rings (SSSR count). The van der Waals surface area contributed by atoms with E-state index >= 15 is 0 Å². The zero-order chi connectivity index (χ0) is 20.0. The minimum Gasteiger partial charge on any atom is -0.322 e. The van der Waals surface area contributed by atoms with Gasteiger partial charge in [0.05, 0.1) is 0 Å². The quantitative estimate of drug-likeness (QED) is 0.702. The van der Waals surface area contributed by atoms with Crippen molar-refractivity contribution in [3.05, 3.63) is 34.9 Å². The van der Waals surface area contributed by atoms with Crippen LogP contribution >= 0.6 is 0 Å². The van der Waals surface area contributed by atoms with Crippen LogP contribution in [0.2, 0.25) is 0 Å². The Balaban J connectivity index is 1.37. The summed E-state index contributed by atoms with van der Waals surface area (Å²) in [5.41, 5.74) is 2.83. The van der Waals surface area contributed by atoms with Gasteiger partial charge in [-0.15, -0.1) is 0 Å². The first-order valence-electron chi connectivity index (χ1n) is 10.8. The topological polar surface area (TPSA) is 81.8 Å². The minimum atomic E-state index is -0.554. The Kier molecular flexibility index (Phi) is 4.87. The first-order chi connectivity index (χ1) is 14.1. The Bertz CT molecular complexity index is 844. The van der Waals surface area contributed by atoms with Gasteiger partial charge in [0.15, 0.2) is 0 Å². The van der Waals surface area contributed by atoms with Crippen LogP contribution in [0.25, 0.3) is 0 Å². The lowest BCUT2D eigenvalue weighted by Gasteiger charge is -2.30. The van der Waals surface area contributed by atoms with Gasteiger partial charge in [0, 0.05) is 44.2 Å². The van der Waals surface area contributed by atoms with Crippen LogP contribution < -0.4 is 10.6 Å². The van der Waals surface area contributed by atoms with Gasteiger partial charge in [-0.05, 0) is 49.3 Å². The molecule has 3 fully saturated rings. The van der Waals surface area contributed by atoms with E-state index in [0.29, 0.717) is 19.0 Å². The molecule has 4 aliphatic rings. The molecule has 2 saturated heterocycles. The number of carbonyl (C=O) groups excluding carboxylic acids is 3. The van der Waals surface area contributed by atoms with E-state index in [1.807, 2.05) is 12.1 Å². The van der Waals surface area contributed by atoms with Crippen molar-refractivity contribution >= 4 is 17.7 Å². The maximum Gasteiger partial charge on any atom is 0.255 e. The van der Waals surface area contributed by atoms with Crippen molar-refractivity contribution in [3.8, 4) is 0 Å². The molecule has 3 amide bonds. The van der Waals surface area contributed by atoms with E-state index in [2.05, 4.69) is 21.6 Å². The zero-order valence-electron chi connectivity index (χ0n) is 16.7. The van der Waals surface area contributed by atoms with Gasteiger partial charge in [0.25, 0.3) is 5.91 Å². The minimum absolute atomic E-state index is 0.0685. The standard InChI is InChI=1S/C22H28N4O3/c27-19-7-6-18(21(28)24-19)26-13-16-3-1-2-15(20(16)22(26)29)12-25(11-14-4-5-14)17-8-9-23-10-17/h1-3,14,17-18,23H,4-13H2,(H,24,27,28)/t17-,18?/m0/s1. The fourth-order valence-corrected chi connectivity index (χ4v) is 4.97. The van der Waals surface area contributed by atoms with Gasteiger partial charge in [-0.3, -0.25) is 24.6 Å². The van der Waals surface area contributed by atoms with Crippen LogP contribution in [0.1, 0.15) is 53.6 Å². The number of nitrogens with one attached hydrogen (secondary N) is 2. The Labute approximate surface area is 170 Å². The van der Waals surface area contributed by atoms with Gasteiger partial charge in [-0.2, -0.15) is 0 Å². The Morgan fingerprint density at radius 3 is 2.69 bits per heavy atom. The van der Waals surface area contributed by atoms with Crippen molar-refractivity contribution in [1.29, 1.82) is 0 Å². The van der Waals surface area contributed by atoms with Crippen LogP contribution in [0.15, 0.2) is 18.2 Å². The van der Waals surface area contributed by atoms with E-state index in [-0.39, 0.29) is 24.1 Å². The molecule has 0 spiro atoms. The highest BCUT2D eigenvalue weighted by Crippen LogP contribution is 2.34. The van der Waals surface area contributed by atoms with E-state index in [4.69, 9.17) is 0 Å². The predicted octanol–water partition coefficient (Wildman–Crippen LogP) is 1.02. The molecular weight excluding hydrogens is 368 g/mol. The summed E-state index contributed by atoms with van der Waals surface area (Å²) in [6, 6.07) is 6.05. The second kappa shape index (κ2) is 7.54. The molecule has 2 N–H and O–H groups in total. The molecule has 0 bridgehead atoms. The number of fused-ring (bicyclic) bond motifs is 1. The van der Waals surface area contributed by atoms with Crippen LogP contribution in [0.4, 0.5) is 0 Å². The average molecular weight is 396 g/mol. The molecule has 1 saturated carbocycles. The molecule has 0 radical (unpaired) electrons. The van der Waals surface area contributed by atoms with Crippen molar-refractivity contribution < 1.29 is 14.4 Å². The van der Waals surface area contributed by atoms with Crippen LogP contribution in [0, 0.1) is 5.92 Å². The first kappa shape index (κ1) is 18.8. The van der Waals surface area contributed by atoms with Crippen LogP contribution in [0.5, 0.6) is 0 Å². The monoisotopic (exact) mass is 396 g/mol. The van der Waals surface area contributed by atoms with Crippen molar-refractivity contribution in [2.24, 2.45) is 5.92 Å². The zero-order valence-corrected chi connectivity index (χ0v) is 16.7. The molecule has 0 aromatic heterocycles. The fraction of sp³-hybridized carbons (Fsp3) is 0.591. The Morgan fingerprint density at radius 2 is 1.97 bits per heavy atom. The molecule has 3 aliphatic heterocycles. The van der Waals surface area contributed by atoms with Crippen molar-refractivity contribution in [2.45, 2.75) is 57.3 Å². The first-order valence-corrected chi connectivity index (χ1v) is 10.8. The summed E-state index contributed by atoms with van der Waals surface area (Å²) < 4.78 is 0. The Morgan fingerprint density at radius 1 is 1.10 bits per heavy atom. The molecule has 1 aliphatic carbocycles. The lowest BCUT2D eigenvalue weighted by Crippen LogP contribution is -2.52. The van der Waals surface area contributed by atoms with Gasteiger partial charge < -0.3 is 10.2 Å². The molecule has 1 aromatic carbocycles. The number of rotatable bonds is 6. The smallest absolute Gasteiger partial charge is 0.255 e. The lowest BCUT2D eigenvalue weighted by molar-refractivity contribution is -0.136. The second-order valence-electron chi connectivity index (χ2n) is 8.87. The molecule has 7 nitrogen and oxygen atoms in total. The second-order valence-corrected chi connectivity index (χ2v) is 8.87. The lowest BCUT2D eigenvalue weighted by atomic mass is 10.0. The number of imide groups is 1. The largest absolute Gasteiger partial charge is 0.322 e. The average Bonchev–Trinajstić information content (AvgIpc) is 3.22. The normalized spacial score (nSPS) is 26.9. The number of hydrogen-bond acceptors (Lipinski definition) is 5. The molecule has 7 heteroatoms. The van der Waals surface area contributed by atoms with Gasteiger partial charge in [-0.1, -0.05) is 18.2 Å². The number of hydrogen-bond donors (Lipinski definition) is 2. The van der Waals surface area contributed by atoms with E-state index in [9.17, 15) is 14.4 Å². The molecular formula is C22H28N4O3. The third-order valence-corrected chi connectivity index (χ3v) is 6.75. The van der Waals surface area contributed by atoms with Gasteiger partial charge in [0.2, 0.25) is 11.8 Å². The number of nitrogens with zero attached hydrogens (tertiary/aromatic N) is 2. The van der Waals surface area contributed by atoms with Crippen molar-refractivity contribution in [1.82, 2.24) is 20.4 Å². The molecule has 1 unspecified atom stereocenters. The summed E-state index contributed by atoms with van der Waals surface area (Å²) in [5, 5.41) is 5.84. The molecule has 29 heavy (non-hydrogen) atoms. The highest BCUT2D eigenvalue weighted by atomic mass is 16.2. The van der Waals surface area contributed by atoms with Gasteiger partial charge in [0.1, 0.15) is 6.04 Å². The van der Waals surface area contributed by atoms with Crippen LogP contribution in [-0.2, 0) is 22.7 Å². The summed E-state index contributed by atoms with van der Waals surface area (Å²) in [6.07, 6.45) is 4.46. The van der Waals surface area contributed by atoms with Crippen LogP contribution in [-0.4, -0.2) is 59.2 Å². The maximum atomic E-state index is 13.3. The third kappa shape index (κ3) is 3.69.